The van der Waals surface area contributed by atoms with Crippen molar-refractivity contribution in [3.05, 3.63) is 39.2 Å². The van der Waals surface area contributed by atoms with Crippen molar-refractivity contribution in [1.29, 1.82) is 0 Å². The number of amides is 1. The van der Waals surface area contributed by atoms with Crippen LogP contribution >= 0.6 is 11.3 Å². The van der Waals surface area contributed by atoms with E-state index in [-0.39, 0.29) is 17.3 Å². The van der Waals surface area contributed by atoms with Crippen molar-refractivity contribution in [2.45, 2.75) is 60.8 Å². The highest BCUT2D eigenvalue weighted by Crippen LogP contribution is 2.44. The molecule has 152 valence electrons. The maximum atomic E-state index is 12.8. The fourth-order valence-electron chi connectivity index (χ4n) is 3.86. The molecule has 1 aliphatic rings. The van der Waals surface area contributed by atoms with Crippen LogP contribution in [0.2, 0.25) is 0 Å². The lowest BCUT2D eigenvalue weighted by molar-refractivity contribution is 0.0526. The van der Waals surface area contributed by atoms with E-state index in [1.54, 1.807) is 19.9 Å². The Bertz CT molecular complexity index is 901. The molecule has 0 spiro atoms. The van der Waals surface area contributed by atoms with E-state index in [4.69, 9.17) is 9.15 Å². The lowest BCUT2D eigenvalue weighted by atomic mass is 9.72. The molecule has 0 aromatic carbocycles. The van der Waals surface area contributed by atoms with Crippen LogP contribution in [0, 0.1) is 25.2 Å². The largest absolute Gasteiger partial charge is 0.466 e. The van der Waals surface area contributed by atoms with E-state index in [1.165, 1.54) is 16.2 Å². The van der Waals surface area contributed by atoms with Crippen molar-refractivity contribution in [1.82, 2.24) is 0 Å². The number of ether oxygens (including phenoxy) is 1. The Kier molecular flexibility index (Phi) is 5.71. The summed E-state index contributed by atoms with van der Waals surface area (Å²) in [6.45, 7) is 12.5. The van der Waals surface area contributed by atoms with Gasteiger partial charge in [0, 0.05) is 4.88 Å². The Morgan fingerprint density at radius 3 is 2.61 bits per heavy atom. The molecule has 1 aliphatic carbocycles. The summed E-state index contributed by atoms with van der Waals surface area (Å²) in [4.78, 5) is 26.7. The number of thiophene rings is 1. The molecule has 0 fully saturated rings. The van der Waals surface area contributed by atoms with Crippen LogP contribution in [-0.2, 0) is 17.6 Å². The van der Waals surface area contributed by atoms with Gasteiger partial charge in [-0.3, -0.25) is 4.79 Å². The Hall–Kier alpha value is -2.08. The van der Waals surface area contributed by atoms with Crippen LogP contribution in [0.1, 0.15) is 76.8 Å². The number of fused-ring (bicyclic) bond motifs is 1. The van der Waals surface area contributed by atoms with E-state index in [1.807, 2.05) is 6.92 Å². The van der Waals surface area contributed by atoms with Gasteiger partial charge < -0.3 is 14.5 Å². The zero-order valence-electron chi connectivity index (χ0n) is 17.5. The maximum absolute atomic E-state index is 12.8. The third-order valence-electron chi connectivity index (χ3n) is 5.48. The molecular formula is C22H29NO4S. The summed E-state index contributed by atoms with van der Waals surface area (Å²) in [7, 11) is 0. The molecule has 0 saturated carbocycles. The molecule has 0 aliphatic heterocycles. The third-order valence-corrected chi connectivity index (χ3v) is 6.65. The highest BCUT2D eigenvalue weighted by molar-refractivity contribution is 7.17. The van der Waals surface area contributed by atoms with Crippen LogP contribution in [-0.4, -0.2) is 18.5 Å². The summed E-state index contributed by atoms with van der Waals surface area (Å²) >= 11 is 1.51. The highest BCUT2D eigenvalue weighted by atomic mass is 32.1. The van der Waals surface area contributed by atoms with Crippen molar-refractivity contribution in [2.24, 2.45) is 11.3 Å². The number of aryl methyl sites for hydroxylation is 2. The lowest BCUT2D eigenvalue weighted by Crippen LogP contribution is -2.26. The summed E-state index contributed by atoms with van der Waals surface area (Å²) < 4.78 is 10.8. The molecule has 2 aromatic rings. The second-order valence-electron chi connectivity index (χ2n) is 8.52. The molecule has 2 aromatic heterocycles. The molecule has 2 heterocycles. The van der Waals surface area contributed by atoms with Crippen molar-refractivity contribution >= 4 is 28.2 Å². The summed E-state index contributed by atoms with van der Waals surface area (Å²) in [5.74, 6) is 1.19. The molecule has 1 amide bonds. The van der Waals surface area contributed by atoms with Crippen LogP contribution in [0.4, 0.5) is 5.00 Å². The minimum Gasteiger partial charge on any atom is -0.466 e. The number of hydrogen-bond donors (Lipinski definition) is 1. The van der Waals surface area contributed by atoms with Gasteiger partial charge in [-0.05, 0) is 63.0 Å². The summed E-state index contributed by atoms with van der Waals surface area (Å²) in [6, 6.07) is 1.72. The minimum atomic E-state index is -0.357. The second-order valence-corrected chi connectivity index (χ2v) is 9.62. The standard InChI is InChI=1S/C22H29NO4S/c1-7-26-21(25)18-15-9-8-14(22(4,5)6)11-17(15)28-20(18)23-19(24)16-10-12(2)27-13(16)3/h10,14H,7-9,11H2,1-6H3,(H,23,24)/t14-/m0/s1. The van der Waals surface area contributed by atoms with E-state index >= 15 is 0 Å². The number of anilines is 1. The van der Waals surface area contributed by atoms with Gasteiger partial charge in [0.2, 0.25) is 0 Å². The van der Waals surface area contributed by atoms with E-state index in [0.29, 0.717) is 40.2 Å². The molecule has 0 saturated heterocycles. The zero-order valence-corrected chi connectivity index (χ0v) is 18.3. The van der Waals surface area contributed by atoms with Gasteiger partial charge in [-0.2, -0.15) is 0 Å². The van der Waals surface area contributed by atoms with E-state index in [9.17, 15) is 9.59 Å². The van der Waals surface area contributed by atoms with Crippen LogP contribution in [0.15, 0.2) is 10.5 Å². The van der Waals surface area contributed by atoms with Gasteiger partial charge in [-0.1, -0.05) is 20.8 Å². The summed E-state index contributed by atoms with van der Waals surface area (Å²) in [6.07, 6.45) is 2.80. The number of rotatable bonds is 4. The lowest BCUT2D eigenvalue weighted by Gasteiger charge is -2.33. The van der Waals surface area contributed by atoms with Crippen LogP contribution < -0.4 is 5.32 Å². The van der Waals surface area contributed by atoms with Gasteiger partial charge in [0.15, 0.2) is 0 Å². The van der Waals surface area contributed by atoms with Crippen LogP contribution in [0.5, 0.6) is 0 Å². The number of furan rings is 1. The highest BCUT2D eigenvalue weighted by Gasteiger charge is 2.34. The van der Waals surface area contributed by atoms with E-state index in [2.05, 4.69) is 26.1 Å². The Morgan fingerprint density at radius 2 is 2.04 bits per heavy atom. The SMILES string of the molecule is CCOC(=O)c1c(NC(=O)c2cc(C)oc2C)sc2c1CC[C@H](C(C)(C)C)C2. The number of esters is 1. The summed E-state index contributed by atoms with van der Waals surface area (Å²) in [5.41, 5.74) is 2.27. The predicted molar refractivity (Wildman–Crippen MR) is 111 cm³/mol. The second kappa shape index (κ2) is 7.74. The average molecular weight is 404 g/mol. The number of nitrogens with one attached hydrogen (secondary N) is 1. The monoisotopic (exact) mass is 403 g/mol. The molecule has 6 heteroatoms. The number of carbonyl (C=O) groups is 2. The van der Waals surface area contributed by atoms with Crippen molar-refractivity contribution in [2.75, 3.05) is 11.9 Å². The van der Waals surface area contributed by atoms with Crippen molar-refractivity contribution < 1.29 is 18.7 Å². The molecule has 28 heavy (non-hydrogen) atoms. The Labute approximate surface area is 170 Å². The average Bonchev–Trinajstić information content (AvgIpc) is 3.12. The molecule has 1 N–H and O–H groups in total. The van der Waals surface area contributed by atoms with Crippen LogP contribution in [0.25, 0.3) is 0 Å². The summed E-state index contributed by atoms with van der Waals surface area (Å²) in [5, 5.41) is 3.53. The predicted octanol–water partition coefficient (Wildman–Crippen LogP) is 5.54. The van der Waals surface area contributed by atoms with Crippen LogP contribution in [0.3, 0.4) is 0 Å². The van der Waals surface area contributed by atoms with Gasteiger partial charge in [-0.15, -0.1) is 11.3 Å². The third kappa shape index (κ3) is 4.02. The molecule has 0 radical (unpaired) electrons. The van der Waals surface area contributed by atoms with Gasteiger partial charge in [0.25, 0.3) is 5.91 Å². The zero-order chi connectivity index (χ0) is 20.6. The number of carbonyl (C=O) groups excluding carboxylic acids is 2. The quantitative estimate of drug-likeness (QED) is 0.681. The van der Waals surface area contributed by atoms with Crippen molar-refractivity contribution in [3.63, 3.8) is 0 Å². The number of hydrogen-bond acceptors (Lipinski definition) is 5. The molecule has 3 rings (SSSR count). The Morgan fingerprint density at radius 1 is 1.32 bits per heavy atom. The fraction of sp³-hybridized carbons (Fsp3) is 0.545. The fourth-order valence-corrected chi connectivity index (χ4v) is 5.17. The molecule has 5 nitrogen and oxygen atoms in total. The van der Waals surface area contributed by atoms with Gasteiger partial charge in [-0.25, -0.2) is 4.79 Å². The molecule has 0 unspecified atom stereocenters. The van der Waals surface area contributed by atoms with E-state index < -0.39 is 0 Å². The molecule has 1 atom stereocenters. The maximum Gasteiger partial charge on any atom is 0.341 e. The van der Waals surface area contributed by atoms with Gasteiger partial charge in [0.05, 0.1) is 17.7 Å². The van der Waals surface area contributed by atoms with E-state index in [0.717, 1.165) is 24.8 Å². The first-order valence-electron chi connectivity index (χ1n) is 9.81. The first-order chi connectivity index (χ1) is 13.1. The topological polar surface area (TPSA) is 68.5 Å². The first-order valence-corrected chi connectivity index (χ1v) is 10.6. The Balaban J connectivity index is 1.96. The van der Waals surface area contributed by atoms with Crippen molar-refractivity contribution in [3.8, 4) is 0 Å². The minimum absolute atomic E-state index is 0.209. The smallest absolute Gasteiger partial charge is 0.341 e. The molecule has 0 bridgehead atoms. The van der Waals surface area contributed by atoms with Gasteiger partial charge >= 0.3 is 5.97 Å². The van der Waals surface area contributed by atoms with Gasteiger partial charge in [0.1, 0.15) is 16.5 Å². The molecular weight excluding hydrogens is 374 g/mol. The first kappa shape index (κ1) is 20.6. The normalized spacial score (nSPS) is 16.6.